The van der Waals surface area contributed by atoms with Crippen LogP contribution in [0, 0.1) is 0 Å². The van der Waals surface area contributed by atoms with Crippen molar-refractivity contribution in [3.05, 3.63) is 70.7 Å². The van der Waals surface area contributed by atoms with Crippen molar-refractivity contribution >= 4 is 44.2 Å². The summed E-state index contributed by atoms with van der Waals surface area (Å²) in [5.74, 6) is -0.0135. The molecule has 160 valence electrons. The number of nitrogens with one attached hydrogen (secondary N) is 2. The van der Waals surface area contributed by atoms with Gasteiger partial charge in [-0.05, 0) is 57.7 Å². The van der Waals surface area contributed by atoms with Crippen LogP contribution in [0.1, 0.15) is 23.2 Å². The Morgan fingerprint density at radius 3 is 2.71 bits per heavy atom. The molecule has 1 atom stereocenters. The molecular weight excluding hydrogens is 460 g/mol. The second-order valence-corrected chi connectivity index (χ2v) is 8.12. The van der Waals surface area contributed by atoms with Crippen LogP contribution in [0.2, 0.25) is 0 Å². The Morgan fingerprint density at radius 2 is 1.87 bits per heavy atom. The molecule has 0 radical (unpaired) electrons. The van der Waals surface area contributed by atoms with Crippen molar-refractivity contribution < 1.29 is 19.1 Å². The van der Waals surface area contributed by atoms with Crippen LogP contribution in [0.15, 0.2) is 65.1 Å². The summed E-state index contributed by atoms with van der Waals surface area (Å²) >= 11 is 3.55. The predicted molar refractivity (Wildman–Crippen MR) is 124 cm³/mol. The van der Waals surface area contributed by atoms with E-state index in [1.165, 1.54) is 0 Å². The highest BCUT2D eigenvalue weighted by Crippen LogP contribution is 2.33. The molecule has 0 unspecified atom stereocenters. The van der Waals surface area contributed by atoms with Gasteiger partial charge in [-0.1, -0.05) is 42.5 Å². The molecule has 6 nitrogen and oxygen atoms in total. The third-order valence-electron chi connectivity index (χ3n) is 5.15. The topological polar surface area (TPSA) is 76.7 Å². The smallest absolute Gasteiger partial charge is 0.262 e. The van der Waals surface area contributed by atoms with Crippen LogP contribution in [0.3, 0.4) is 0 Å². The van der Waals surface area contributed by atoms with E-state index in [9.17, 15) is 9.59 Å². The summed E-state index contributed by atoms with van der Waals surface area (Å²) in [4.78, 5) is 25.1. The molecule has 4 rings (SSSR count). The van der Waals surface area contributed by atoms with Crippen LogP contribution in [0.4, 0.5) is 5.69 Å². The zero-order chi connectivity index (χ0) is 21.6. The summed E-state index contributed by atoms with van der Waals surface area (Å²) in [6.07, 6.45) is 2.01. The summed E-state index contributed by atoms with van der Waals surface area (Å²) in [5, 5.41) is 7.75. The van der Waals surface area contributed by atoms with Crippen molar-refractivity contribution in [1.29, 1.82) is 0 Å². The third kappa shape index (κ3) is 5.24. The number of para-hydroxylation sites is 1. The van der Waals surface area contributed by atoms with Crippen LogP contribution in [-0.4, -0.2) is 37.7 Å². The predicted octanol–water partition coefficient (Wildman–Crippen LogP) is 4.53. The number of ether oxygens (including phenoxy) is 2. The molecule has 7 heteroatoms. The molecule has 1 saturated heterocycles. The van der Waals surface area contributed by atoms with Gasteiger partial charge < -0.3 is 20.1 Å². The Morgan fingerprint density at radius 1 is 1.06 bits per heavy atom. The lowest BCUT2D eigenvalue weighted by Gasteiger charge is -2.14. The van der Waals surface area contributed by atoms with Crippen LogP contribution in [-0.2, 0) is 9.53 Å². The quantitative estimate of drug-likeness (QED) is 0.518. The number of fused-ring (bicyclic) bond motifs is 1. The van der Waals surface area contributed by atoms with E-state index in [-0.39, 0.29) is 24.5 Å². The van der Waals surface area contributed by atoms with Crippen LogP contribution in [0.5, 0.6) is 5.75 Å². The number of rotatable bonds is 7. The Bertz CT molecular complexity index is 1100. The first-order valence-corrected chi connectivity index (χ1v) is 11.0. The largest absolute Gasteiger partial charge is 0.483 e. The first-order chi connectivity index (χ1) is 15.1. The van der Waals surface area contributed by atoms with E-state index in [1.54, 1.807) is 24.3 Å². The zero-order valence-electron chi connectivity index (χ0n) is 16.9. The van der Waals surface area contributed by atoms with E-state index in [2.05, 4.69) is 26.6 Å². The molecule has 1 heterocycles. The molecule has 1 aliphatic rings. The number of carbonyl (C=O) groups is 2. The maximum absolute atomic E-state index is 12.6. The second kappa shape index (κ2) is 9.94. The van der Waals surface area contributed by atoms with Gasteiger partial charge in [-0.2, -0.15) is 0 Å². The molecule has 0 aliphatic carbocycles. The highest BCUT2D eigenvalue weighted by atomic mass is 79.9. The lowest BCUT2D eigenvalue weighted by Crippen LogP contribution is -2.32. The molecule has 2 N–H and O–H groups in total. The monoisotopic (exact) mass is 482 g/mol. The van der Waals surface area contributed by atoms with Crippen LogP contribution < -0.4 is 15.4 Å². The highest BCUT2D eigenvalue weighted by molar-refractivity contribution is 9.10. The molecule has 0 bridgehead atoms. The summed E-state index contributed by atoms with van der Waals surface area (Å²) in [7, 11) is 0. The van der Waals surface area contributed by atoms with Crippen LogP contribution in [0.25, 0.3) is 10.8 Å². The molecule has 0 saturated carbocycles. The normalized spacial score (nSPS) is 15.6. The summed E-state index contributed by atoms with van der Waals surface area (Å²) in [6, 6.07) is 18.6. The summed E-state index contributed by atoms with van der Waals surface area (Å²) < 4.78 is 12.1. The van der Waals surface area contributed by atoms with Crippen molar-refractivity contribution in [1.82, 2.24) is 5.32 Å². The number of hydrogen-bond donors (Lipinski definition) is 2. The summed E-state index contributed by atoms with van der Waals surface area (Å²) in [6.45, 7) is 1.02. The number of anilines is 1. The van der Waals surface area contributed by atoms with E-state index in [0.717, 1.165) is 34.7 Å². The highest BCUT2D eigenvalue weighted by Gasteiger charge is 2.18. The number of halogens is 1. The van der Waals surface area contributed by atoms with E-state index < -0.39 is 0 Å². The fraction of sp³-hybridized carbons (Fsp3) is 0.250. The lowest BCUT2D eigenvalue weighted by atomic mass is 10.1. The van der Waals surface area contributed by atoms with Crippen molar-refractivity contribution in [3.8, 4) is 5.75 Å². The van der Waals surface area contributed by atoms with Crippen molar-refractivity contribution in [2.75, 3.05) is 25.1 Å². The molecule has 31 heavy (non-hydrogen) atoms. The number of carbonyl (C=O) groups excluding carboxylic acids is 2. The fourth-order valence-electron chi connectivity index (χ4n) is 3.55. The van der Waals surface area contributed by atoms with Gasteiger partial charge in [0.2, 0.25) is 0 Å². The van der Waals surface area contributed by atoms with Gasteiger partial charge in [-0.3, -0.25) is 9.59 Å². The van der Waals surface area contributed by atoms with Gasteiger partial charge in [0.05, 0.1) is 21.8 Å². The SMILES string of the molecule is O=C(COc1ccc2ccccc2c1Br)Nc1ccccc1C(=O)NC[C@@H]1CCCO1. The Labute approximate surface area is 189 Å². The Kier molecular flexibility index (Phi) is 6.84. The number of amides is 2. The average molecular weight is 483 g/mol. The van der Waals surface area contributed by atoms with Gasteiger partial charge in [0, 0.05) is 13.2 Å². The second-order valence-electron chi connectivity index (χ2n) is 7.33. The van der Waals surface area contributed by atoms with Gasteiger partial charge in [0.15, 0.2) is 6.61 Å². The van der Waals surface area contributed by atoms with Gasteiger partial charge in [-0.25, -0.2) is 0 Å². The first kappa shape index (κ1) is 21.3. The summed E-state index contributed by atoms with van der Waals surface area (Å²) in [5.41, 5.74) is 0.847. The average Bonchev–Trinajstić information content (AvgIpc) is 3.31. The minimum absolute atomic E-state index is 0.0551. The molecule has 3 aromatic carbocycles. The van der Waals surface area contributed by atoms with E-state index in [0.29, 0.717) is 23.5 Å². The molecule has 3 aromatic rings. The number of benzene rings is 3. The number of hydrogen-bond acceptors (Lipinski definition) is 4. The van der Waals surface area contributed by atoms with Crippen molar-refractivity contribution in [2.24, 2.45) is 0 Å². The molecule has 2 amide bonds. The van der Waals surface area contributed by atoms with Gasteiger partial charge in [0.25, 0.3) is 11.8 Å². The molecule has 0 spiro atoms. The zero-order valence-corrected chi connectivity index (χ0v) is 18.5. The van der Waals surface area contributed by atoms with Crippen LogP contribution >= 0.6 is 15.9 Å². The van der Waals surface area contributed by atoms with E-state index in [1.807, 2.05) is 36.4 Å². The Balaban J connectivity index is 1.37. The minimum Gasteiger partial charge on any atom is -0.483 e. The Hall–Kier alpha value is -2.90. The maximum atomic E-state index is 12.6. The third-order valence-corrected chi connectivity index (χ3v) is 5.96. The lowest BCUT2D eigenvalue weighted by molar-refractivity contribution is -0.118. The fourth-order valence-corrected chi connectivity index (χ4v) is 4.16. The first-order valence-electron chi connectivity index (χ1n) is 10.2. The standard InChI is InChI=1S/C24H23BrN2O4/c25-23-18-8-2-1-6-16(18)11-12-21(23)31-15-22(28)27-20-10-4-3-9-19(20)24(29)26-14-17-7-5-13-30-17/h1-4,6,8-12,17H,5,7,13-15H2,(H,26,29)(H,27,28)/t17-/m0/s1. The van der Waals surface area contributed by atoms with E-state index >= 15 is 0 Å². The van der Waals surface area contributed by atoms with Crippen molar-refractivity contribution in [2.45, 2.75) is 18.9 Å². The van der Waals surface area contributed by atoms with Crippen molar-refractivity contribution in [3.63, 3.8) is 0 Å². The molecule has 1 fully saturated rings. The van der Waals surface area contributed by atoms with Gasteiger partial charge in [-0.15, -0.1) is 0 Å². The maximum Gasteiger partial charge on any atom is 0.262 e. The van der Waals surface area contributed by atoms with E-state index in [4.69, 9.17) is 9.47 Å². The van der Waals surface area contributed by atoms with Gasteiger partial charge >= 0.3 is 0 Å². The molecule has 1 aliphatic heterocycles. The van der Waals surface area contributed by atoms with Gasteiger partial charge in [0.1, 0.15) is 5.75 Å². The molecular formula is C24H23BrN2O4. The minimum atomic E-state index is -0.348. The molecule has 0 aromatic heterocycles.